The molecule has 0 heterocycles. The van der Waals surface area contributed by atoms with Gasteiger partial charge in [0.25, 0.3) is 0 Å². The summed E-state index contributed by atoms with van der Waals surface area (Å²) in [5, 5.41) is -1.68. The minimum Gasteiger partial charge on any atom is -0.451 e. The molecule has 0 amide bonds. The standard InChI is InChI=1S/C8H9BrClF3O3/c1-7(2,5(10)14)6(15)16-4(3-9)8(11,12)13/h4H,3H2,1-2H3. The average molecular weight is 326 g/mol. The Balaban J connectivity index is 4.74. The molecule has 0 fully saturated rings. The fourth-order valence-electron chi connectivity index (χ4n) is 0.543. The van der Waals surface area contributed by atoms with Gasteiger partial charge >= 0.3 is 12.1 Å². The zero-order chi connectivity index (χ0) is 13.1. The molecule has 94 valence electrons. The molecule has 1 unspecified atom stereocenters. The number of carbonyl (C=O) groups excluding carboxylic acids is 2. The largest absolute Gasteiger partial charge is 0.451 e. The van der Waals surface area contributed by atoms with E-state index in [1.807, 2.05) is 0 Å². The van der Waals surface area contributed by atoms with Crippen molar-refractivity contribution < 1.29 is 27.5 Å². The van der Waals surface area contributed by atoms with Crippen LogP contribution in [0.4, 0.5) is 13.2 Å². The van der Waals surface area contributed by atoms with Gasteiger partial charge in [0.15, 0.2) is 0 Å². The van der Waals surface area contributed by atoms with E-state index in [1.165, 1.54) is 0 Å². The topological polar surface area (TPSA) is 43.4 Å². The molecule has 0 radical (unpaired) electrons. The van der Waals surface area contributed by atoms with Gasteiger partial charge in [-0.25, -0.2) is 0 Å². The quantitative estimate of drug-likeness (QED) is 0.345. The molecule has 0 saturated carbocycles. The van der Waals surface area contributed by atoms with Crippen molar-refractivity contribution in [1.82, 2.24) is 0 Å². The van der Waals surface area contributed by atoms with Crippen LogP contribution in [-0.2, 0) is 14.3 Å². The first-order valence-corrected chi connectivity index (χ1v) is 5.57. The monoisotopic (exact) mass is 324 g/mol. The molecule has 0 aromatic rings. The van der Waals surface area contributed by atoms with Crippen molar-refractivity contribution in [2.75, 3.05) is 5.33 Å². The van der Waals surface area contributed by atoms with Crippen molar-refractivity contribution in [1.29, 1.82) is 0 Å². The van der Waals surface area contributed by atoms with E-state index in [0.717, 1.165) is 13.8 Å². The summed E-state index contributed by atoms with van der Waals surface area (Å²) in [6, 6.07) is 0. The highest BCUT2D eigenvalue weighted by atomic mass is 79.9. The van der Waals surface area contributed by atoms with Gasteiger partial charge in [-0.2, -0.15) is 13.2 Å². The first kappa shape index (κ1) is 15.7. The summed E-state index contributed by atoms with van der Waals surface area (Å²) in [5.74, 6) is -1.31. The smallest absolute Gasteiger partial charge is 0.426 e. The number of hydrogen-bond donors (Lipinski definition) is 0. The first-order valence-electron chi connectivity index (χ1n) is 4.07. The molecule has 0 aliphatic rings. The lowest BCUT2D eigenvalue weighted by atomic mass is 9.96. The Morgan fingerprint density at radius 3 is 2.06 bits per heavy atom. The van der Waals surface area contributed by atoms with Gasteiger partial charge in [0.2, 0.25) is 11.3 Å². The molecule has 16 heavy (non-hydrogen) atoms. The molecular formula is C8H9BrClF3O3. The summed E-state index contributed by atoms with van der Waals surface area (Å²) in [5.41, 5.74) is -1.80. The van der Waals surface area contributed by atoms with E-state index in [-0.39, 0.29) is 0 Å². The summed E-state index contributed by atoms with van der Waals surface area (Å²) >= 11 is 7.64. The van der Waals surface area contributed by atoms with Crippen LogP contribution < -0.4 is 0 Å². The Bertz CT molecular complexity index is 291. The van der Waals surface area contributed by atoms with Crippen LogP contribution in [-0.4, -0.2) is 28.8 Å². The molecule has 1 atom stereocenters. The van der Waals surface area contributed by atoms with E-state index in [1.54, 1.807) is 0 Å². The molecular weight excluding hydrogens is 316 g/mol. The van der Waals surface area contributed by atoms with Crippen LogP contribution in [0, 0.1) is 5.41 Å². The number of hydrogen-bond acceptors (Lipinski definition) is 3. The van der Waals surface area contributed by atoms with E-state index < -0.39 is 34.2 Å². The van der Waals surface area contributed by atoms with Crippen LogP contribution >= 0.6 is 27.5 Å². The number of ether oxygens (including phenoxy) is 1. The lowest BCUT2D eigenvalue weighted by molar-refractivity contribution is -0.218. The number of carbonyl (C=O) groups is 2. The summed E-state index contributed by atoms with van der Waals surface area (Å²) in [6.07, 6.45) is -6.99. The van der Waals surface area contributed by atoms with Crippen LogP contribution in [0.3, 0.4) is 0 Å². The Hall–Kier alpha value is -0.300. The van der Waals surface area contributed by atoms with Crippen LogP contribution in [0.2, 0.25) is 0 Å². The summed E-state index contributed by atoms with van der Waals surface area (Å²) in [7, 11) is 0. The molecule has 0 saturated heterocycles. The van der Waals surface area contributed by atoms with Gasteiger partial charge in [-0.3, -0.25) is 9.59 Å². The van der Waals surface area contributed by atoms with Gasteiger partial charge in [0, 0.05) is 5.33 Å². The van der Waals surface area contributed by atoms with E-state index in [0.29, 0.717) is 0 Å². The Morgan fingerprint density at radius 1 is 1.38 bits per heavy atom. The molecule has 0 aliphatic heterocycles. The fraction of sp³-hybridized carbons (Fsp3) is 0.750. The van der Waals surface area contributed by atoms with E-state index in [4.69, 9.17) is 11.6 Å². The SMILES string of the molecule is CC(C)(C(=O)Cl)C(=O)OC(CBr)C(F)(F)F. The third-order valence-electron chi connectivity index (χ3n) is 1.76. The zero-order valence-electron chi connectivity index (χ0n) is 8.40. The minimum absolute atomic E-state index is 0.602. The maximum Gasteiger partial charge on any atom is 0.426 e. The summed E-state index contributed by atoms with van der Waals surface area (Å²) in [6.45, 7) is 2.18. The van der Waals surface area contributed by atoms with Gasteiger partial charge in [0.05, 0.1) is 0 Å². The van der Waals surface area contributed by atoms with E-state index in [9.17, 15) is 22.8 Å². The molecule has 0 aromatic carbocycles. The minimum atomic E-state index is -4.69. The lowest BCUT2D eigenvalue weighted by Crippen LogP contribution is -2.41. The molecule has 0 bridgehead atoms. The van der Waals surface area contributed by atoms with Crippen molar-refractivity contribution in [2.45, 2.75) is 26.1 Å². The van der Waals surface area contributed by atoms with Crippen molar-refractivity contribution in [3.05, 3.63) is 0 Å². The molecule has 0 spiro atoms. The van der Waals surface area contributed by atoms with Crippen molar-refractivity contribution in [2.24, 2.45) is 5.41 Å². The Kier molecular flexibility index (Phi) is 5.25. The van der Waals surface area contributed by atoms with Gasteiger partial charge in [-0.05, 0) is 25.4 Å². The Morgan fingerprint density at radius 2 is 1.81 bits per heavy atom. The van der Waals surface area contributed by atoms with Crippen LogP contribution in [0.1, 0.15) is 13.8 Å². The zero-order valence-corrected chi connectivity index (χ0v) is 10.7. The van der Waals surface area contributed by atoms with Crippen LogP contribution in [0.25, 0.3) is 0 Å². The maximum atomic E-state index is 12.2. The lowest BCUT2D eigenvalue weighted by Gasteiger charge is -2.23. The number of rotatable bonds is 4. The molecule has 0 rings (SSSR count). The highest BCUT2D eigenvalue weighted by Gasteiger charge is 2.46. The number of halogens is 5. The second-order valence-electron chi connectivity index (χ2n) is 3.49. The summed E-state index contributed by atoms with van der Waals surface area (Å²) < 4.78 is 40.9. The normalized spacial score (nSPS) is 14.4. The van der Waals surface area contributed by atoms with Crippen molar-refractivity contribution >= 4 is 38.7 Å². The molecule has 0 aliphatic carbocycles. The third kappa shape index (κ3) is 3.93. The van der Waals surface area contributed by atoms with Gasteiger partial charge in [0.1, 0.15) is 5.41 Å². The summed E-state index contributed by atoms with van der Waals surface area (Å²) in [4.78, 5) is 22.1. The maximum absolute atomic E-state index is 12.2. The van der Waals surface area contributed by atoms with Crippen molar-refractivity contribution in [3.63, 3.8) is 0 Å². The van der Waals surface area contributed by atoms with E-state index in [2.05, 4.69) is 20.7 Å². The molecule has 0 aromatic heterocycles. The average Bonchev–Trinajstić information content (AvgIpc) is 2.11. The predicted octanol–water partition coefficient (Wildman–Crippen LogP) is 2.65. The van der Waals surface area contributed by atoms with Crippen LogP contribution in [0.15, 0.2) is 0 Å². The molecule has 8 heteroatoms. The van der Waals surface area contributed by atoms with Gasteiger partial charge < -0.3 is 4.74 Å². The van der Waals surface area contributed by atoms with Gasteiger partial charge in [-0.15, -0.1) is 0 Å². The van der Waals surface area contributed by atoms with E-state index >= 15 is 0 Å². The van der Waals surface area contributed by atoms with Crippen molar-refractivity contribution in [3.8, 4) is 0 Å². The second kappa shape index (κ2) is 5.35. The van der Waals surface area contributed by atoms with Crippen LogP contribution in [0.5, 0.6) is 0 Å². The fourth-order valence-corrected chi connectivity index (χ4v) is 1.12. The Labute approximate surface area is 103 Å². The number of alkyl halides is 4. The number of esters is 1. The third-order valence-corrected chi connectivity index (χ3v) is 2.82. The molecule has 0 N–H and O–H groups in total. The predicted molar refractivity (Wildman–Crippen MR) is 54.4 cm³/mol. The van der Waals surface area contributed by atoms with Gasteiger partial charge in [-0.1, -0.05) is 15.9 Å². The second-order valence-corrected chi connectivity index (χ2v) is 4.48. The highest BCUT2D eigenvalue weighted by Crippen LogP contribution is 2.28. The first-order chi connectivity index (χ1) is 7.03. The highest BCUT2D eigenvalue weighted by molar-refractivity contribution is 9.09. The molecule has 3 nitrogen and oxygen atoms in total.